The summed E-state index contributed by atoms with van der Waals surface area (Å²) in [5, 5.41) is 9.90. The minimum atomic E-state index is -3.17. The number of hydrogen-bond donors (Lipinski definition) is 2. The van der Waals surface area contributed by atoms with E-state index in [1.54, 1.807) is 12.5 Å². The molecule has 3 heterocycles. The Morgan fingerprint density at radius 2 is 1.87 bits per heavy atom. The molecule has 2 N–H and O–H groups in total. The van der Waals surface area contributed by atoms with Crippen molar-refractivity contribution >= 4 is 5.91 Å². The van der Waals surface area contributed by atoms with E-state index in [2.05, 4.69) is 15.3 Å². The number of aliphatic hydroxyl groups excluding tert-OH is 1. The second-order valence-corrected chi connectivity index (χ2v) is 7.86. The largest absolute Gasteiger partial charge is 0.381 e. The zero-order valence-corrected chi connectivity index (χ0v) is 17.6. The molecule has 2 aromatic heterocycles. The first-order chi connectivity index (χ1) is 14.9. The molecule has 2 aromatic rings. The van der Waals surface area contributed by atoms with E-state index in [4.69, 9.17) is 14.8 Å². The van der Waals surface area contributed by atoms with Crippen molar-refractivity contribution in [3.63, 3.8) is 0 Å². The molecule has 1 saturated heterocycles. The molecule has 0 radical (unpaired) electrons. The first-order valence-electron chi connectivity index (χ1n) is 10.6. The van der Waals surface area contributed by atoms with Crippen LogP contribution >= 0.6 is 0 Å². The van der Waals surface area contributed by atoms with Gasteiger partial charge in [0.1, 0.15) is 11.4 Å². The minimum Gasteiger partial charge on any atom is -0.381 e. The van der Waals surface area contributed by atoms with Crippen LogP contribution < -0.4 is 5.32 Å². The molecule has 0 aromatic carbocycles. The van der Waals surface area contributed by atoms with Gasteiger partial charge in [-0.05, 0) is 31.7 Å². The van der Waals surface area contributed by atoms with E-state index in [1.807, 2.05) is 17.7 Å². The molecular formula is C21H29F2N5O3. The van der Waals surface area contributed by atoms with Gasteiger partial charge in [-0.2, -0.15) is 8.78 Å². The van der Waals surface area contributed by atoms with Gasteiger partial charge >= 0.3 is 6.61 Å². The molecule has 0 atom stereocenters. The number of carbonyl (C=O) groups is 1. The highest BCUT2D eigenvalue weighted by Crippen LogP contribution is 2.28. The number of aromatic nitrogens is 4. The lowest BCUT2D eigenvalue weighted by Gasteiger charge is -2.24. The van der Waals surface area contributed by atoms with Gasteiger partial charge in [-0.3, -0.25) is 4.79 Å². The maximum Gasteiger partial charge on any atom is 0.342 e. The fourth-order valence-corrected chi connectivity index (χ4v) is 3.98. The summed E-state index contributed by atoms with van der Waals surface area (Å²) in [6.45, 7) is -1.70. The number of alkyl halides is 2. The highest BCUT2D eigenvalue weighted by Gasteiger charge is 2.23. The minimum absolute atomic E-state index is 0.0963. The number of rotatable bonds is 4. The van der Waals surface area contributed by atoms with E-state index in [-0.39, 0.29) is 11.9 Å². The summed E-state index contributed by atoms with van der Waals surface area (Å²) < 4.78 is 27.1. The van der Waals surface area contributed by atoms with Crippen molar-refractivity contribution in [2.24, 2.45) is 7.05 Å². The van der Waals surface area contributed by atoms with Crippen LogP contribution in [-0.4, -0.2) is 56.4 Å². The van der Waals surface area contributed by atoms with Gasteiger partial charge in [-0.1, -0.05) is 19.3 Å². The van der Waals surface area contributed by atoms with Crippen molar-refractivity contribution in [1.82, 2.24) is 24.8 Å². The van der Waals surface area contributed by atoms with Crippen molar-refractivity contribution < 1.29 is 23.4 Å². The molecule has 170 valence electrons. The van der Waals surface area contributed by atoms with Gasteiger partial charge in [0.25, 0.3) is 5.91 Å². The summed E-state index contributed by atoms with van der Waals surface area (Å²) in [5.74, 6) is 0.767. The molecule has 31 heavy (non-hydrogen) atoms. The third-order valence-electron chi connectivity index (χ3n) is 5.60. The third kappa shape index (κ3) is 6.76. The monoisotopic (exact) mass is 437 g/mol. The number of nitrogens with zero attached hydrogens (tertiary/aromatic N) is 4. The number of imidazole rings is 1. The van der Waals surface area contributed by atoms with Crippen molar-refractivity contribution in [3.8, 4) is 11.5 Å². The topological polar surface area (TPSA) is 102 Å². The number of amides is 1. The number of hydrogen-bond acceptors (Lipinski definition) is 6. The molecule has 1 amide bonds. The molecule has 1 aliphatic carbocycles. The molecule has 8 nitrogen and oxygen atoms in total. The van der Waals surface area contributed by atoms with E-state index in [1.165, 1.54) is 19.3 Å². The number of nitrogens with one attached hydrogen (secondary N) is 1. The van der Waals surface area contributed by atoms with Crippen molar-refractivity contribution in [3.05, 3.63) is 30.0 Å². The van der Waals surface area contributed by atoms with Crippen molar-refractivity contribution in [2.75, 3.05) is 13.2 Å². The van der Waals surface area contributed by atoms with Gasteiger partial charge in [-0.15, -0.1) is 0 Å². The van der Waals surface area contributed by atoms with Crippen molar-refractivity contribution in [2.45, 2.75) is 63.5 Å². The number of ether oxygens (including phenoxy) is 1. The molecule has 0 bridgehead atoms. The fraction of sp³-hybridized carbons (Fsp3) is 0.619. The van der Waals surface area contributed by atoms with Crippen LogP contribution in [0.25, 0.3) is 11.5 Å². The zero-order valence-electron chi connectivity index (χ0n) is 17.6. The summed E-state index contributed by atoms with van der Waals surface area (Å²) in [6.07, 6.45) is 11.0. The summed E-state index contributed by atoms with van der Waals surface area (Å²) in [6, 6.07) is 2.13. The Labute approximate surface area is 180 Å². The standard InChI is InChI=1S/C20H27N5O2.CH2F2O/c1-25-13-21-12-18(25)19-23-16(14-7-9-27-10-8-14)11-17(24-19)20(26)22-15-5-3-2-4-6-15;2-1(3)4/h11-15H,2-10H2,1H3,(H,22,26);1,4H. The Morgan fingerprint density at radius 1 is 1.19 bits per heavy atom. The maximum atomic E-state index is 12.9. The quantitative estimate of drug-likeness (QED) is 0.762. The van der Waals surface area contributed by atoms with Gasteiger partial charge < -0.3 is 19.7 Å². The van der Waals surface area contributed by atoms with Gasteiger partial charge in [-0.25, -0.2) is 15.0 Å². The summed E-state index contributed by atoms with van der Waals surface area (Å²) in [5.41, 5.74) is 2.20. The lowest BCUT2D eigenvalue weighted by atomic mass is 9.94. The predicted molar refractivity (Wildman–Crippen MR) is 110 cm³/mol. The molecule has 2 fully saturated rings. The lowest BCUT2D eigenvalue weighted by Crippen LogP contribution is -2.36. The molecule has 1 saturated carbocycles. The van der Waals surface area contributed by atoms with Gasteiger partial charge in [0.15, 0.2) is 5.82 Å². The average Bonchev–Trinajstić information content (AvgIpc) is 3.20. The van der Waals surface area contributed by atoms with E-state index in [9.17, 15) is 13.6 Å². The van der Waals surface area contributed by atoms with E-state index < -0.39 is 6.61 Å². The normalized spacial score (nSPS) is 17.8. The van der Waals surface area contributed by atoms with Crippen LogP contribution in [-0.2, 0) is 11.8 Å². The van der Waals surface area contributed by atoms with Gasteiger partial charge in [0, 0.05) is 37.9 Å². The molecule has 0 spiro atoms. The first-order valence-corrected chi connectivity index (χ1v) is 10.6. The molecule has 1 aliphatic heterocycles. The van der Waals surface area contributed by atoms with Crippen LogP contribution in [0.3, 0.4) is 0 Å². The van der Waals surface area contributed by atoms with E-state index in [0.717, 1.165) is 50.3 Å². The van der Waals surface area contributed by atoms with Crippen LogP contribution in [0.4, 0.5) is 8.78 Å². The summed E-state index contributed by atoms with van der Waals surface area (Å²) in [4.78, 5) is 26.4. The predicted octanol–water partition coefficient (Wildman–Crippen LogP) is 3.03. The highest BCUT2D eigenvalue weighted by molar-refractivity contribution is 5.93. The van der Waals surface area contributed by atoms with Crippen LogP contribution in [0.15, 0.2) is 18.6 Å². The molecular weight excluding hydrogens is 408 g/mol. The van der Waals surface area contributed by atoms with Gasteiger partial charge in [0.2, 0.25) is 0 Å². The Balaban J connectivity index is 0.000000628. The Hall–Kier alpha value is -2.46. The summed E-state index contributed by atoms with van der Waals surface area (Å²) in [7, 11) is 1.91. The third-order valence-corrected chi connectivity index (χ3v) is 5.60. The Kier molecular flexibility index (Phi) is 8.42. The second-order valence-electron chi connectivity index (χ2n) is 7.86. The van der Waals surface area contributed by atoms with Crippen LogP contribution in [0.5, 0.6) is 0 Å². The number of aryl methyl sites for hydroxylation is 1. The molecule has 10 heteroatoms. The van der Waals surface area contributed by atoms with Crippen molar-refractivity contribution in [1.29, 1.82) is 0 Å². The Morgan fingerprint density at radius 3 is 2.48 bits per heavy atom. The Bertz CT molecular complexity index is 847. The highest BCUT2D eigenvalue weighted by atomic mass is 19.3. The lowest BCUT2D eigenvalue weighted by molar-refractivity contribution is -0.0728. The maximum absolute atomic E-state index is 12.9. The van der Waals surface area contributed by atoms with Gasteiger partial charge in [0.05, 0.1) is 12.5 Å². The smallest absolute Gasteiger partial charge is 0.342 e. The molecule has 0 unspecified atom stereocenters. The molecule has 4 rings (SSSR count). The number of aliphatic hydroxyl groups is 1. The van der Waals surface area contributed by atoms with Crippen LogP contribution in [0.2, 0.25) is 0 Å². The summed E-state index contributed by atoms with van der Waals surface area (Å²) >= 11 is 0. The van der Waals surface area contributed by atoms with E-state index in [0.29, 0.717) is 17.4 Å². The zero-order chi connectivity index (χ0) is 22.2. The second kappa shape index (κ2) is 11.2. The fourth-order valence-electron chi connectivity index (χ4n) is 3.98. The van der Waals surface area contributed by atoms with E-state index >= 15 is 0 Å². The number of halogens is 2. The first kappa shape index (κ1) is 23.2. The average molecular weight is 437 g/mol. The SMILES string of the molecule is Cn1cncc1-c1nc(C(=O)NC2CCCCC2)cc(C2CCOCC2)n1.OC(F)F. The number of carbonyl (C=O) groups excluding carboxylic acids is 1. The van der Waals surface area contributed by atoms with Crippen LogP contribution in [0, 0.1) is 0 Å². The molecule has 2 aliphatic rings. The van der Waals surface area contributed by atoms with Crippen LogP contribution in [0.1, 0.15) is 67.0 Å².